The first-order valence-electron chi connectivity index (χ1n) is 5.89. The molecule has 0 heterocycles. The van der Waals surface area contributed by atoms with Gasteiger partial charge in [-0.25, -0.2) is 0 Å². The average Bonchev–Trinajstić information content (AvgIpc) is 2.25. The van der Waals surface area contributed by atoms with E-state index in [0.29, 0.717) is 5.92 Å². The van der Waals surface area contributed by atoms with Gasteiger partial charge >= 0.3 is 5.97 Å². The fourth-order valence-electron chi connectivity index (χ4n) is 1.83. The van der Waals surface area contributed by atoms with Crippen LogP contribution in [0, 0.1) is 5.92 Å². The second-order valence-corrected chi connectivity index (χ2v) is 7.06. The Balaban J connectivity index is 2.49. The topological polar surface area (TPSA) is 80.7 Å². The summed E-state index contributed by atoms with van der Waals surface area (Å²) in [6, 6.07) is 0. The fourth-order valence-corrected chi connectivity index (χ4v) is 2.10. The van der Waals surface area contributed by atoms with Crippen LogP contribution in [0.4, 0.5) is 0 Å². The minimum Gasteiger partial charge on any atom is -0.464 e. The lowest BCUT2D eigenvalue weighted by atomic mass is 9.90. The summed E-state index contributed by atoms with van der Waals surface area (Å²) in [4.78, 5) is 11.6. The molecule has 0 aromatic rings. The van der Waals surface area contributed by atoms with Crippen LogP contribution >= 0.6 is 0 Å². The molecule has 1 aliphatic rings. The molecule has 1 N–H and O–H groups in total. The normalized spacial score (nSPS) is 19.0. The first-order valence-corrected chi connectivity index (χ1v) is 7.33. The summed E-state index contributed by atoms with van der Waals surface area (Å²) in [6.45, 7) is 2.54. The molecular weight excluding hydrogens is 244 g/mol. The Morgan fingerprint density at radius 3 is 2.29 bits per heavy atom. The van der Waals surface area contributed by atoms with Gasteiger partial charge in [-0.2, -0.15) is 8.42 Å². The van der Waals surface area contributed by atoms with Crippen molar-refractivity contribution in [3.63, 3.8) is 0 Å². The molecule has 0 saturated heterocycles. The lowest BCUT2D eigenvalue weighted by Gasteiger charge is -2.24. The number of hydrogen-bond acceptors (Lipinski definition) is 4. The summed E-state index contributed by atoms with van der Waals surface area (Å²) in [5.74, 6) is -0.560. The Morgan fingerprint density at radius 2 is 1.82 bits per heavy atom. The van der Waals surface area contributed by atoms with Crippen LogP contribution in [0.3, 0.4) is 0 Å². The van der Waals surface area contributed by atoms with Gasteiger partial charge in [-0.3, -0.25) is 9.35 Å². The maximum atomic E-state index is 11.6. The molecule has 100 valence electrons. The summed E-state index contributed by atoms with van der Waals surface area (Å²) in [5, 5.41) is 0. The van der Waals surface area contributed by atoms with E-state index in [1.54, 1.807) is 0 Å². The Hall–Kier alpha value is -0.620. The van der Waals surface area contributed by atoms with Crippen LogP contribution in [0.5, 0.6) is 0 Å². The third-order valence-electron chi connectivity index (χ3n) is 3.31. The molecular formula is C11H20O5S. The zero-order chi connectivity index (χ0) is 13.1. The molecule has 0 unspecified atom stereocenters. The van der Waals surface area contributed by atoms with Gasteiger partial charge in [0, 0.05) is 0 Å². The van der Waals surface area contributed by atoms with Crippen LogP contribution in [0.15, 0.2) is 0 Å². The van der Waals surface area contributed by atoms with E-state index in [1.165, 1.54) is 6.42 Å². The van der Waals surface area contributed by atoms with Crippen molar-refractivity contribution in [3.05, 3.63) is 0 Å². The first-order chi connectivity index (χ1) is 7.75. The highest BCUT2D eigenvalue weighted by Crippen LogP contribution is 2.25. The summed E-state index contributed by atoms with van der Waals surface area (Å²) >= 11 is 0. The van der Waals surface area contributed by atoms with Gasteiger partial charge in [0.15, 0.2) is 4.75 Å². The highest BCUT2D eigenvalue weighted by molar-refractivity contribution is 7.88. The molecule has 1 rings (SSSR count). The van der Waals surface area contributed by atoms with Gasteiger partial charge in [-0.05, 0) is 32.6 Å². The van der Waals surface area contributed by atoms with Crippen LogP contribution in [-0.2, 0) is 19.6 Å². The number of carbonyl (C=O) groups is 1. The van der Waals surface area contributed by atoms with E-state index in [2.05, 4.69) is 0 Å². The Kier molecular flexibility index (Phi) is 4.55. The monoisotopic (exact) mass is 264 g/mol. The third kappa shape index (κ3) is 3.67. The minimum atomic E-state index is -4.43. The molecule has 0 spiro atoms. The van der Waals surface area contributed by atoms with Gasteiger partial charge < -0.3 is 4.74 Å². The van der Waals surface area contributed by atoms with E-state index < -0.39 is 20.8 Å². The van der Waals surface area contributed by atoms with Crippen LogP contribution in [-0.4, -0.2) is 30.3 Å². The maximum absolute atomic E-state index is 11.6. The first kappa shape index (κ1) is 14.4. The molecule has 0 atom stereocenters. The summed E-state index contributed by atoms with van der Waals surface area (Å²) in [5.41, 5.74) is 0. The van der Waals surface area contributed by atoms with Crippen molar-refractivity contribution in [2.45, 2.75) is 50.7 Å². The molecule has 6 heteroatoms. The minimum absolute atomic E-state index is 0.248. The highest BCUT2D eigenvalue weighted by Gasteiger charge is 2.42. The lowest BCUT2D eigenvalue weighted by molar-refractivity contribution is -0.147. The van der Waals surface area contributed by atoms with E-state index in [0.717, 1.165) is 39.5 Å². The number of ether oxygens (including phenoxy) is 1. The molecule has 5 nitrogen and oxygen atoms in total. The predicted molar refractivity (Wildman–Crippen MR) is 63.2 cm³/mol. The Labute approximate surface area is 102 Å². The molecule has 0 aromatic carbocycles. The predicted octanol–water partition coefficient (Wildman–Crippen LogP) is 1.78. The molecule has 1 saturated carbocycles. The van der Waals surface area contributed by atoms with Crippen molar-refractivity contribution >= 4 is 16.1 Å². The van der Waals surface area contributed by atoms with Gasteiger partial charge in [-0.1, -0.05) is 19.3 Å². The van der Waals surface area contributed by atoms with Crippen molar-refractivity contribution in [1.82, 2.24) is 0 Å². The zero-order valence-electron chi connectivity index (χ0n) is 10.3. The van der Waals surface area contributed by atoms with Crippen molar-refractivity contribution in [1.29, 1.82) is 0 Å². The molecule has 17 heavy (non-hydrogen) atoms. The molecule has 0 radical (unpaired) electrons. The summed E-state index contributed by atoms with van der Waals surface area (Å²) < 4.78 is 34.0. The highest BCUT2D eigenvalue weighted by atomic mass is 32.2. The van der Waals surface area contributed by atoms with Gasteiger partial charge in [-0.15, -0.1) is 0 Å². The fraction of sp³-hybridized carbons (Fsp3) is 0.909. The van der Waals surface area contributed by atoms with Gasteiger partial charge in [0.2, 0.25) is 0 Å². The summed E-state index contributed by atoms with van der Waals surface area (Å²) in [6.07, 6.45) is 5.49. The molecule has 1 aliphatic carbocycles. The van der Waals surface area contributed by atoms with Crippen molar-refractivity contribution < 1.29 is 22.5 Å². The third-order valence-corrected chi connectivity index (χ3v) is 4.77. The van der Waals surface area contributed by atoms with Crippen LogP contribution in [0.1, 0.15) is 46.0 Å². The lowest BCUT2D eigenvalue weighted by Crippen LogP contribution is -2.42. The number of carbonyl (C=O) groups excluding carboxylic acids is 1. The second kappa shape index (κ2) is 5.35. The average molecular weight is 264 g/mol. The SMILES string of the molecule is CC(C)(C(=O)OCC1CCCCC1)S(=O)(=O)O. The second-order valence-electron chi connectivity index (χ2n) is 5.09. The quantitative estimate of drug-likeness (QED) is 0.618. The molecule has 0 aliphatic heterocycles. The van der Waals surface area contributed by atoms with Gasteiger partial charge in [0.1, 0.15) is 0 Å². The van der Waals surface area contributed by atoms with Crippen molar-refractivity contribution in [3.8, 4) is 0 Å². The largest absolute Gasteiger partial charge is 0.464 e. The van der Waals surface area contributed by atoms with Gasteiger partial charge in [0.25, 0.3) is 10.1 Å². The molecule has 0 amide bonds. The smallest absolute Gasteiger partial charge is 0.329 e. The Morgan fingerprint density at radius 1 is 1.29 bits per heavy atom. The van der Waals surface area contributed by atoms with E-state index in [4.69, 9.17) is 9.29 Å². The van der Waals surface area contributed by atoms with E-state index in [1.807, 2.05) is 0 Å². The Bertz CT molecular complexity index is 365. The van der Waals surface area contributed by atoms with E-state index in [-0.39, 0.29) is 6.61 Å². The van der Waals surface area contributed by atoms with Crippen LogP contribution < -0.4 is 0 Å². The molecule has 0 bridgehead atoms. The van der Waals surface area contributed by atoms with Crippen molar-refractivity contribution in [2.24, 2.45) is 5.92 Å². The van der Waals surface area contributed by atoms with E-state index >= 15 is 0 Å². The standard InChI is InChI=1S/C11H20O5S/c1-11(2,17(13,14)15)10(12)16-8-9-6-4-3-5-7-9/h9H,3-8H2,1-2H3,(H,13,14,15). The number of rotatable bonds is 4. The van der Waals surface area contributed by atoms with Crippen LogP contribution in [0.25, 0.3) is 0 Å². The van der Waals surface area contributed by atoms with Gasteiger partial charge in [0.05, 0.1) is 6.61 Å². The van der Waals surface area contributed by atoms with Crippen molar-refractivity contribution in [2.75, 3.05) is 6.61 Å². The molecule has 1 fully saturated rings. The zero-order valence-corrected chi connectivity index (χ0v) is 11.1. The number of hydrogen-bond donors (Lipinski definition) is 1. The van der Waals surface area contributed by atoms with E-state index in [9.17, 15) is 13.2 Å². The summed E-state index contributed by atoms with van der Waals surface area (Å²) in [7, 11) is -4.43. The van der Waals surface area contributed by atoms with Crippen LogP contribution in [0.2, 0.25) is 0 Å². The molecule has 0 aromatic heterocycles. The number of esters is 1. The maximum Gasteiger partial charge on any atom is 0.329 e.